The minimum Gasteiger partial charge on any atom is -0.493 e. The van der Waals surface area contributed by atoms with Gasteiger partial charge in [0.05, 0.1) is 31.3 Å². The maximum absolute atomic E-state index is 13.0. The van der Waals surface area contributed by atoms with Gasteiger partial charge in [-0.05, 0) is 43.6 Å². The van der Waals surface area contributed by atoms with E-state index in [1.54, 1.807) is 0 Å². The number of nitro benzene ring substituents is 1. The van der Waals surface area contributed by atoms with Crippen LogP contribution in [0.4, 0.5) is 11.4 Å². The predicted octanol–water partition coefficient (Wildman–Crippen LogP) is 3.24. The van der Waals surface area contributed by atoms with Crippen molar-refractivity contribution in [1.29, 1.82) is 0 Å². The molecule has 1 saturated heterocycles. The molecule has 0 aromatic heterocycles. The van der Waals surface area contributed by atoms with Crippen molar-refractivity contribution in [3.8, 4) is 11.5 Å². The standard InChI is InChI=1S/C23H30N4O5/c1-25(2)17-9-7-16(8-10-17)20(26-11-5-6-12-26)15-24-23(28)18-13-21(31-3)22(32-4)14-19(18)27(29)30/h7-10,13-14,20H,5-6,11-12,15H2,1-4H3,(H,24,28)/t20-/m0/s1. The van der Waals surface area contributed by atoms with Crippen molar-refractivity contribution in [2.24, 2.45) is 0 Å². The van der Waals surface area contributed by atoms with Gasteiger partial charge < -0.3 is 19.7 Å². The number of hydrogen-bond donors (Lipinski definition) is 1. The molecule has 0 radical (unpaired) electrons. The average Bonchev–Trinajstić information content (AvgIpc) is 3.32. The number of carbonyl (C=O) groups excluding carboxylic acids is 1. The Hall–Kier alpha value is -3.33. The number of anilines is 1. The van der Waals surface area contributed by atoms with E-state index in [1.165, 1.54) is 26.4 Å². The van der Waals surface area contributed by atoms with Crippen LogP contribution in [0.5, 0.6) is 11.5 Å². The fourth-order valence-corrected chi connectivity index (χ4v) is 3.99. The molecule has 0 bridgehead atoms. The third-order valence-corrected chi connectivity index (χ3v) is 5.77. The highest BCUT2D eigenvalue weighted by Gasteiger charge is 2.27. The zero-order valence-electron chi connectivity index (χ0n) is 19.0. The first-order valence-corrected chi connectivity index (χ1v) is 10.6. The van der Waals surface area contributed by atoms with Crippen LogP contribution in [0.15, 0.2) is 36.4 Å². The summed E-state index contributed by atoms with van der Waals surface area (Å²) in [5.41, 5.74) is 1.81. The first-order chi connectivity index (χ1) is 15.3. The van der Waals surface area contributed by atoms with Crippen molar-refractivity contribution >= 4 is 17.3 Å². The Bertz CT molecular complexity index is 956. The molecule has 1 aliphatic rings. The van der Waals surface area contributed by atoms with Crippen LogP contribution in [0.2, 0.25) is 0 Å². The molecule has 2 aromatic rings. The summed E-state index contributed by atoms with van der Waals surface area (Å²) < 4.78 is 10.4. The van der Waals surface area contributed by atoms with Gasteiger partial charge in [-0.15, -0.1) is 0 Å². The van der Waals surface area contributed by atoms with E-state index in [-0.39, 0.29) is 28.8 Å². The van der Waals surface area contributed by atoms with Crippen LogP contribution in [0, 0.1) is 10.1 Å². The van der Waals surface area contributed by atoms with Gasteiger partial charge in [0.2, 0.25) is 0 Å². The Morgan fingerprint density at radius 1 is 1.12 bits per heavy atom. The molecule has 1 amide bonds. The van der Waals surface area contributed by atoms with Crippen molar-refractivity contribution in [2.45, 2.75) is 18.9 Å². The number of amides is 1. The fraction of sp³-hybridized carbons (Fsp3) is 0.435. The largest absolute Gasteiger partial charge is 0.493 e. The van der Waals surface area contributed by atoms with Crippen molar-refractivity contribution in [3.63, 3.8) is 0 Å². The Morgan fingerprint density at radius 3 is 2.25 bits per heavy atom. The first-order valence-electron chi connectivity index (χ1n) is 10.6. The van der Waals surface area contributed by atoms with Gasteiger partial charge in [-0.2, -0.15) is 0 Å². The van der Waals surface area contributed by atoms with E-state index < -0.39 is 10.8 Å². The highest BCUT2D eigenvalue weighted by atomic mass is 16.6. The zero-order chi connectivity index (χ0) is 23.3. The van der Waals surface area contributed by atoms with Gasteiger partial charge in [0, 0.05) is 32.4 Å². The summed E-state index contributed by atoms with van der Waals surface area (Å²) in [5, 5.41) is 14.5. The molecule has 2 aromatic carbocycles. The van der Waals surface area contributed by atoms with Crippen molar-refractivity contribution < 1.29 is 19.2 Å². The van der Waals surface area contributed by atoms with Gasteiger partial charge in [0.1, 0.15) is 5.56 Å². The van der Waals surface area contributed by atoms with Gasteiger partial charge >= 0.3 is 0 Å². The number of methoxy groups -OCH3 is 2. The molecule has 1 fully saturated rings. The molecule has 1 heterocycles. The van der Waals surface area contributed by atoms with Crippen molar-refractivity contribution in [2.75, 3.05) is 52.8 Å². The molecule has 1 atom stereocenters. The smallest absolute Gasteiger partial charge is 0.286 e. The van der Waals surface area contributed by atoms with Crippen LogP contribution in [0.3, 0.4) is 0 Å². The summed E-state index contributed by atoms with van der Waals surface area (Å²) in [6.07, 6.45) is 2.22. The molecule has 32 heavy (non-hydrogen) atoms. The topological polar surface area (TPSA) is 97.2 Å². The first kappa shape index (κ1) is 23.3. The molecule has 3 rings (SSSR count). The lowest BCUT2D eigenvalue weighted by Crippen LogP contribution is -2.37. The zero-order valence-corrected chi connectivity index (χ0v) is 19.0. The van der Waals surface area contributed by atoms with E-state index in [1.807, 2.05) is 19.0 Å². The number of nitro groups is 1. The molecule has 0 spiro atoms. The summed E-state index contributed by atoms with van der Waals surface area (Å²) in [6.45, 7) is 2.24. The Kier molecular flexibility index (Phi) is 7.53. The second kappa shape index (κ2) is 10.3. The van der Waals surface area contributed by atoms with E-state index in [2.05, 4.69) is 34.5 Å². The van der Waals surface area contributed by atoms with Crippen molar-refractivity contribution in [3.05, 3.63) is 57.6 Å². The molecule has 9 nitrogen and oxygen atoms in total. The summed E-state index contributed by atoms with van der Waals surface area (Å²) in [5.74, 6) is -0.0583. The van der Waals surface area contributed by atoms with E-state index in [9.17, 15) is 14.9 Å². The normalized spacial score (nSPS) is 14.6. The Labute approximate surface area is 188 Å². The fourth-order valence-electron chi connectivity index (χ4n) is 3.99. The monoisotopic (exact) mass is 442 g/mol. The second-order valence-corrected chi connectivity index (χ2v) is 7.94. The Morgan fingerprint density at radius 2 is 1.72 bits per heavy atom. The lowest BCUT2D eigenvalue weighted by Gasteiger charge is -2.28. The molecule has 0 saturated carbocycles. The van der Waals surface area contributed by atoms with Crippen LogP contribution in [-0.4, -0.2) is 63.7 Å². The quantitative estimate of drug-likeness (QED) is 0.470. The number of nitrogens with zero attached hydrogens (tertiary/aromatic N) is 3. The summed E-state index contributed by atoms with van der Waals surface area (Å²) in [6, 6.07) is 10.8. The van der Waals surface area contributed by atoms with E-state index in [4.69, 9.17) is 9.47 Å². The maximum Gasteiger partial charge on any atom is 0.286 e. The van der Waals surface area contributed by atoms with Gasteiger partial charge in [0.25, 0.3) is 11.6 Å². The van der Waals surface area contributed by atoms with E-state index in [0.29, 0.717) is 6.54 Å². The van der Waals surface area contributed by atoms with E-state index >= 15 is 0 Å². The number of likely N-dealkylation sites (tertiary alicyclic amines) is 1. The number of ether oxygens (including phenoxy) is 2. The third kappa shape index (κ3) is 5.11. The van der Waals surface area contributed by atoms with Crippen LogP contribution in [0.1, 0.15) is 34.8 Å². The molecule has 172 valence electrons. The lowest BCUT2D eigenvalue weighted by atomic mass is 10.0. The molecule has 1 aliphatic heterocycles. The number of hydrogen-bond acceptors (Lipinski definition) is 7. The predicted molar refractivity (Wildman–Crippen MR) is 123 cm³/mol. The molecular weight excluding hydrogens is 412 g/mol. The van der Waals surface area contributed by atoms with Crippen molar-refractivity contribution in [1.82, 2.24) is 10.2 Å². The summed E-state index contributed by atoms with van der Waals surface area (Å²) in [4.78, 5) is 28.3. The van der Waals surface area contributed by atoms with Gasteiger partial charge in [-0.25, -0.2) is 0 Å². The summed E-state index contributed by atoms with van der Waals surface area (Å²) >= 11 is 0. The minimum atomic E-state index is -0.588. The highest BCUT2D eigenvalue weighted by molar-refractivity contribution is 5.99. The van der Waals surface area contributed by atoms with Crippen LogP contribution in [0.25, 0.3) is 0 Å². The molecule has 1 N–H and O–H groups in total. The highest BCUT2D eigenvalue weighted by Crippen LogP contribution is 2.34. The van der Waals surface area contributed by atoms with Gasteiger partial charge in [-0.1, -0.05) is 12.1 Å². The number of nitrogens with one attached hydrogen (secondary N) is 1. The third-order valence-electron chi connectivity index (χ3n) is 5.77. The summed E-state index contributed by atoms with van der Waals surface area (Å²) in [7, 11) is 6.79. The van der Waals surface area contributed by atoms with Crippen LogP contribution >= 0.6 is 0 Å². The minimum absolute atomic E-state index is 0.0168. The lowest BCUT2D eigenvalue weighted by molar-refractivity contribution is -0.385. The average molecular weight is 443 g/mol. The number of rotatable bonds is 9. The SMILES string of the molecule is COc1cc(C(=O)NC[C@@H](c2ccc(N(C)C)cc2)N2CCCC2)c([N+](=O)[O-])cc1OC. The number of carbonyl (C=O) groups is 1. The molecule has 9 heteroatoms. The Balaban J connectivity index is 1.84. The van der Waals surface area contributed by atoms with Gasteiger partial charge in [-0.3, -0.25) is 19.8 Å². The molecular formula is C23H30N4O5. The van der Waals surface area contributed by atoms with Gasteiger partial charge in [0.15, 0.2) is 11.5 Å². The second-order valence-electron chi connectivity index (χ2n) is 7.94. The molecule has 0 unspecified atom stereocenters. The number of benzene rings is 2. The van der Waals surface area contributed by atoms with Crippen LogP contribution in [-0.2, 0) is 0 Å². The molecule has 0 aliphatic carbocycles. The maximum atomic E-state index is 13.0. The van der Waals surface area contributed by atoms with Crippen LogP contribution < -0.4 is 19.7 Å². The van der Waals surface area contributed by atoms with E-state index in [0.717, 1.165) is 37.2 Å².